The maximum atomic E-state index is 5.76. The normalized spacial score (nSPS) is 22.0. The van der Waals surface area contributed by atoms with Crippen LogP contribution in [0.5, 0.6) is 0 Å². The van der Waals surface area contributed by atoms with Gasteiger partial charge in [-0.25, -0.2) is 0 Å². The molecule has 2 heterocycles. The molecule has 26 heavy (non-hydrogen) atoms. The van der Waals surface area contributed by atoms with Gasteiger partial charge in [0.1, 0.15) is 0 Å². The molecule has 1 atom stereocenters. The summed E-state index contributed by atoms with van der Waals surface area (Å²) < 4.78 is 5.76. The van der Waals surface area contributed by atoms with E-state index in [1.807, 2.05) is 25.2 Å². The quantitative estimate of drug-likeness (QED) is 0.462. The van der Waals surface area contributed by atoms with E-state index >= 15 is 0 Å². The van der Waals surface area contributed by atoms with Gasteiger partial charge in [-0.3, -0.25) is 4.99 Å². The van der Waals surface area contributed by atoms with Gasteiger partial charge in [-0.15, -0.1) is 0 Å². The van der Waals surface area contributed by atoms with Gasteiger partial charge >= 0.3 is 0 Å². The maximum Gasteiger partial charge on any atom is 0.193 e. The first-order valence-corrected chi connectivity index (χ1v) is 10.1. The van der Waals surface area contributed by atoms with Crippen LogP contribution in [0.1, 0.15) is 31.2 Å². The molecule has 2 aliphatic heterocycles. The van der Waals surface area contributed by atoms with Gasteiger partial charge in [-0.2, -0.15) is 0 Å². The Kier molecular flexibility index (Phi) is 7.77. The summed E-state index contributed by atoms with van der Waals surface area (Å²) in [5, 5.41) is 3.46. The van der Waals surface area contributed by atoms with Crippen molar-refractivity contribution in [3.63, 3.8) is 0 Å². The Bertz CT molecular complexity index is 542. The molecule has 1 aromatic rings. The summed E-state index contributed by atoms with van der Waals surface area (Å²) in [5.41, 5.74) is 1.22. The minimum Gasteiger partial charge on any atom is -0.375 e. The summed E-state index contributed by atoms with van der Waals surface area (Å²) in [5.74, 6) is 1.80. The minimum atomic E-state index is 0.669. The van der Waals surface area contributed by atoms with Gasteiger partial charge in [0.15, 0.2) is 5.96 Å². The highest BCUT2D eigenvalue weighted by Crippen LogP contribution is 2.19. The van der Waals surface area contributed by atoms with Crippen LogP contribution >= 0.6 is 0 Å². The van der Waals surface area contributed by atoms with Crippen LogP contribution < -0.4 is 5.32 Å². The SMILES string of the molecule is CN=C(NCCOCc1ccccc1)N1CCC(CN2CCCCC2)C1. The lowest BCUT2D eigenvalue weighted by Crippen LogP contribution is -2.42. The smallest absolute Gasteiger partial charge is 0.193 e. The van der Waals surface area contributed by atoms with Crippen LogP contribution in [-0.2, 0) is 11.3 Å². The number of nitrogens with zero attached hydrogens (tertiary/aromatic N) is 3. The van der Waals surface area contributed by atoms with E-state index in [-0.39, 0.29) is 0 Å². The number of aliphatic imine (C=N–C) groups is 1. The first kappa shape index (κ1) is 19.2. The van der Waals surface area contributed by atoms with E-state index in [0.29, 0.717) is 13.2 Å². The lowest BCUT2D eigenvalue weighted by molar-refractivity contribution is 0.125. The molecule has 0 radical (unpaired) electrons. The lowest BCUT2D eigenvalue weighted by atomic mass is 10.1. The average Bonchev–Trinajstić information content (AvgIpc) is 3.14. The molecule has 2 fully saturated rings. The molecule has 2 saturated heterocycles. The zero-order chi connectivity index (χ0) is 18.0. The molecule has 5 nitrogen and oxygen atoms in total. The van der Waals surface area contributed by atoms with E-state index in [4.69, 9.17) is 4.74 Å². The monoisotopic (exact) mass is 358 g/mol. The number of hydrogen-bond donors (Lipinski definition) is 1. The fourth-order valence-electron chi connectivity index (χ4n) is 4.01. The van der Waals surface area contributed by atoms with Gasteiger partial charge < -0.3 is 19.9 Å². The van der Waals surface area contributed by atoms with Crippen molar-refractivity contribution in [1.29, 1.82) is 0 Å². The van der Waals surface area contributed by atoms with Crippen LogP contribution in [0.25, 0.3) is 0 Å². The van der Waals surface area contributed by atoms with Crippen LogP contribution in [-0.4, -0.2) is 68.7 Å². The van der Waals surface area contributed by atoms with E-state index in [9.17, 15) is 0 Å². The van der Waals surface area contributed by atoms with Gasteiger partial charge in [-0.05, 0) is 43.8 Å². The molecule has 144 valence electrons. The maximum absolute atomic E-state index is 5.76. The molecule has 0 spiro atoms. The van der Waals surface area contributed by atoms with E-state index in [1.54, 1.807) is 0 Å². The molecule has 0 bridgehead atoms. The van der Waals surface area contributed by atoms with Crippen molar-refractivity contribution in [3.05, 3.63) is 35.9 Å². The summed E-state index contributed by atoms with van der Waals surface area (Å²) >= 11 is 0. The molecule has 2 aliphatic rings. The third-order valence-electron chi connectivity index (χ3n) is 5.40. The second-order valence-electron chi connectivity index (χ2n) is 7.47. The number of guanidine groups is 1. The van der Waals surface area contributed by atoms with Crippen molar-refractivity contribution in [2.45, 2.75) is 32.3 Å². The third-order valence-corrected chi connectivity index (χ3v) is 5.40. The number of benzene rings is 1. The molecule has 3 rings (SSSR count). The summed E-state index contributed by atoms with van der Waals surface area (Å²) in [6, 6.07) is 10.3. The van der Waals surface area contributed by atoms with E-state index in [1.165, 1.54) is 50.9 Å². The first-order chi connectivity index (χ1) is 12.8. The number of piperidine rings is 1. The van der Waals surface area contributed by atoms with Crippen molar-refractivity contribution < 1.29 is 4.74 Å². The Labute approximate surface area is 158 Å². The molecule has 0 amide bonds. The second-order valence-corrected chi connectivity index (χ2v) is 7.47. The molecule has 5 heteroatoms. The predicted octanol–water partition coefficient (Wildman–Crippen LogP) is 2.59. The highest BCUT2D eigenvalue weighted by Gasteiger charge is 2.26. The highest BCUT2D eigenvalue weighted by atomic mass is 16.5. The largest absolute Gasteiger partial charge is 0.375 e. The van der Waals surface area contributed by atoms with Crippen LogP contribution in [0, 0.1) is 5.92 Å². The molecule has 1 N–H and O–H groups in total. The minimum absolute atomic E-state index is 0.669. The Morgan fingerprint density at radius 1 is 1.15 bits per heavy atom. The number of ether oxygens (including phenoxy) is 1. The van der Waals surface area contributed by atoms with Gasteiger partial charge in [0.25, 0.3) is 0 Å². The Morgan fingerprint density at radius 2 is 1.96 bits per heavy atom. The van der Waals surface area contributed by atoms with Crippen LogP contribution in [0.2, 0.25) is 0 Å². The molecule has 1 unspecified atom stereocenters. The second kappa shape index (κ2) is 10.5. The molecule has 1 aromatic carbocycles. The summed E-state index contributed by atoms with van der Waals surface area (Å²) in [7, 11) is 1.88. The van der Waals surface area contributed by atoms with Crippen molar-refractivity contribution in [2.75, 3.05) is 52.9 Å². The van der Waals surface area contributed by atoms with Crippen molar-refractivity contribution in [2.24, 2.45) is 10.9 Å². The topological polar surface area (TPSA) is 40.1 Å². The summed E-state index contributed by atoms with van der Waals surface area (Å²) in [6.07, 6.45) is 5.45. The highest BCUT2D eigenvalue weighted by molar-refractivity contribution is 5.80. The van der Waals surface area contributed by atoms with Crippen molar-refractivity contribution >= 4 is 5.96 Å². The summed E-state index contributed by atoms with van der Waals surface area (Å²) in [6.45, 7) is 8.25. The predicted molar refractivity (Wildman–Crippen MR) is 107 cm³/mol. The van der Waals surface area contributed by atoms with E-state index in [0.717, 1.165) is 31.5 Å². The molecular weight excluding hydrogens is 324 g/mol. The Morgan fingerprint density at radius 3 is 2.73 bits per heavy atom. The van der Waals surface area contributed by atoms with Gasteiger partial charge in [0.2, 0.25) is 0 Å². The van der Waals surface area contributed by atoms with E-state index in [2.05, 4.69) is 32.2 Å². The molecule has 0 aliphatic carbocycles. The van der Waals surface area contributed by atoms with Gasteiger partial charge in [-0.1, -0.05) is 36.8 Å². The lowest BCUT2D eigenvalue weighted by Gasteiger charge is -2.29. The zero-order valence-electron chi connectivity index (χ0n) is 16.2. The number of likely N-dealkylation sites (tertiary alicyclic amines) is 2. The zero-order valence-corrected chi connectivity index (χ0v) is 16.2. The fourth-order valence-corrected chi connectivity index (χ4v) is 4.01. The Hall–Kier alpha value is -1.59. The van der Waals surface area contributed by atoms with Crippen LogP contribution in [0.3, 0.4) is 0 Å². The standard InChI is InChI=1S/C21H34N4O/c1-22-21(23-11-15-26-18-19-8-4-2-5-9-19)25-14-10-20(17-25)16-24-12-6-3-7-13-24/h2,4-5,8-9,20H,3,6-7,10-18H2,1H3,(H,22,23). The number of nitrogens with one attached hydrogen (secondary N) is 1. The molecule has 0 aromatic heterocycles. The van der Waals surface area contributed by atoms with Crippen molar-refractivity contribution in [3.8, 4) is 0 Å². The summed E-state index contributed by atoms with van der Waals surface area (Å²) in [4.78, 5) is 9.54. The third kappa shape index (κ3) is 5.99. The van der Waals surface area contributed by atoms with Gasteiger partial charge in [0.05, 0.1) is 13.2 Å². The molecule has 0 saturated carbocycles. The fraction of sp³-hybridized carbons (Fsp3) is 0.667. The number of rotatable bonds is 7. The first-order valence-electron chi connectivity index (χ1n) is 10.1. The van der Waals surface area contributed by atoms with Crippen LogP contribution in [0.4, 0.5) is 0 Å². The number of hydrogen-bond acceptors (Lipinski definition) is 3. The van der Waals surface area contributed by atoms with Crippen LogP contribution in [0.15, 0.2) is 35.3 Å². The Balaban J connectivity index is 1.32. The average molecular weight is 359 g/mol. The van der Waals surface area contributed by atoms with Crippen molar-refractivity contribution in [1.82, 2.24) is 15.1 Å². The van der Waals surface area contributed by atoms with Gasteiger partial charge in [0, 0.05) is 33.2 Å². The molecular formula is C21H34N4O. The van der Waals surface area contributed by atoms with E-state index < -0.39 is 0 Å².